The van der Waals surface area contributed by atoms with Gasteiger partial charge in [-0.3, -0.25) is 9.19 Å². The first-order chi connectivity index (χ1) is 12.7. The number of aromatic nitrogens is 3. The van der Waals surface area contributed by atoms with E-state index in [-0.39, 0.29) is 27.9 Å². The summed E-state index contributed by atoms with van der Waals surface area (Å²) in [5, 5.41) is 0.191. The lowest BCUT2D eigenvalue weighted by molar-refractivity contribution is -0.153. The van der Waals surface area contributed by atoms with E-state index in [9.17, 15) is 17.4 Å². The van der Waals surface area contributed by atoms with E-state index in [0.29, 0.717) is 11.0 Å². The van der Waals surface area contributed by atoms with Crippen molar-refractivity contribution in [2.45, 2.75) is 24.0 Å². The SMILES string of the molecule is [2H]c1nc(CS(=O)c2nc3ccccc3[nH]2)c(C)c(OCC(F)(F)F)c1[2H]. The Morgan fingerprint density at radius 3 is 2.84 bits per heavy atom. The summed E-state index contributed by atoms with van der Waals surface area (Å²) < 4.78 is 70.0. The molecule has 0 aliphatic rings. The van der Waals surface area contributed by atoms with E-state index in [2.05, 4.69) is 15.0 Å². The summed E-state index contributed by atoms with van der Waals surface area (Å²) in [7, 11) is -1.67. The molecule has 9 heteroatoms. The molecule has 0 saturated heterocycles. The summed E-state index contributed by atoms with van der Waals surface area (Å²) >= 11 is 0. The number of rotatable bonds is 5. The summed E-state index contributed by atoms with van der Waals surface area (Å²) in [6, 6.07) is 6.55. The van der Waals surface area contributed by atoms with E-state index in [1.165, 1.54) is 6.92 Å². The van der Waals surface area contributed by atoms with Crippen LogP contribution in [0.25, 0.3) is 11.0 Å². The van der Waals surface area contributed by atoms with Gasteiger partial charge in [0.1, 0.15) is 5.75 Å². The van der Waals surface area contributed by atoms with Gasteiger partial charge in [0.05, 0.1) is 36.0 Å². The van der Waals surface area contributed by atoms with Crippen LogP contribution in [0.5, 0.6) is 5.75 Å². The molecule has 0 saturated carbocycles. The fraction of sp³-hybridized carbons (Fsp3) is 0.250. The Morgan fingerprint density at radius 1 is 1.36 bits per heavy atom. The van der Waals surface area contributed by atoms with E-state index in [1.54, 1.807) is 24.3 Å². The molecule has 0 aliphatic heterocycles. The molecule has 2 aromatic heterocycles. The number of para-hydroxylation sites is 2. The van der Waals surface area contributed by atoms with Gasteiger partial charge < -0.3 is 9.72 Å². The van der Waals surface area contributed by atoms with Crippen molar-refractivity contribution in [2.24, 2.45) is 0 Å². The van der Waals surface area contributed by atoms with Gasteiger partial charge in [-0.1, -0.05) is 12.1 Å². The fourth-order valence-corrected chi connectivity index (χ4v) is 3.21. The van der Waals surface area contributed by atoms with Crippen LogP contribution < -0.4 is 4.74 Å². The number of benzene rings is 1. The molecule has 0 radical (unpaired) electrons. The third-order valence-electron chi connectivity index (χ3n) is 3.37. The van der Waals surface area contributed by atoms with E-state index in [4.69, 9.17) is 7.48 Å². The minimum atomic E-state index is -4.58. The van der Waals surface area contributed by atoms with Crippen molar-refractivity contribution in [3.8, 4) is 5.75 Å². The lowest BCUT2D eigenvalue weighted by Crippen LogP contribution is -2.19. The Hall–Kier alpha value is -2.42. The zero-order valence-electron chi connectivity index (χ0n) is 15.0. The second kappa shape index (κ2) is 6.83. The van der Waals surface area contributed by atoms with E-state index < -0.39 is 35.8 Å². The first-order valence-corrected chi connectivity index (χ1v) is 8.47. The van der Waals surface area contributed by atoms with Crippen LogP contribution in [0.15, 0.2) is 41.6 Å². The number of nitrogens with zero attached hydrogens (tertiary/aromatic N) is 2. The Morgan fingerprint density at radius 2 is 2.12 bits per heavy atom. The van der Waals surface area contributed by atoms with Crippen molar-refractivity contribution in [2.75, 3.05) is 6.61 Å². The molecule has 1 atom stereocenters. The molecule has 0 aliphatic carbocycles. The zero-order valence-corrected chi connectivity index (χ0v) is 13.8. The summed E-state index contributed by atoms with van der Waals surface area (Å²) in [5.74, 6) is -0.566. The number of imidazole rings is 1. The summed E-state index contributed by atoms with van der Waals surface area (Å²) in [5.41, 5.74) is 1.58. The summed E-state index contributed by atoms with van der Waals surface area (Å²) in [6.07, 6.45) is -5.13. The second-order valence-electron chi connectivity index (χ2n) is 5.20. The molecule has 1 aromatic carbocycles. The molecule has 3 rings (SSSR count). The van der Waals surface area contributed by atoms with Gasteiger partial charge in [0.25, 0.3) is 0 Å². The van der Waals surface area contributed by atoms with Gasteiger partial charge in [0.15, 0.2) is 11.8 Å². The molecule has 0 spiro atoms. The predicted octanol–water partition coefficient (Wildman–Crippen LogP) is 3.52. The highest BCUT2D eigenvalue weighted by Crippen LogP contribution is 2.24. The van der Waals surface area contributed by atoms with E-state index >= 15 is 0 Å². The number of halogens is 3. The normalized spacial score (nSPS) is 14.2. The maximum atomic E-state index is 12.6. The number of ether oxygens (including phenoxy) is 1. The lowest BCUT2D eigenvalue weighted by atomic mass is 10.2. The van der Waals surface area contributed by atoms with Crippen LogP contribution in [0.2, 0.25) is 0 Å². The number of hydrogen-bond acceptors (Lipinski definition) is 4. The molecule has 0 fully saturated rings. The fourth-order valence-electron chi connectivity index (χ4n) is 2.12. The molecule has 132 valence electrons. The van der Waals surface area contributed by atoms with Crippen LogP contribution >= 0.6 is 0 Å². The molecule has 3 aromatic rings. The lowest BCUT2D eigenvalue weighted by Gasteiger charge is -2.13. The largest absolute Gasteiger partial charge is 0.484 e. The van der Waals surface area contributed by atoms with Crippen LogP contribution in [-0.2, 0) is 16.6 Å². The van der Waals surface area contributed by atoms with Crippen molar-refractivity contribution in [1.82, 2.24) is 15.0 Å². The Labute approximate surface area is 146 Å². The van der Waals surface area contributed by atoms with Crippen LogP contribution in [0.4, 0.5) is 13.2 Å². The van der Waals surface area contributed by atoms with Gasteiger partial charge in [-0.05, 0) is 25.1 Å². The van der Waals surface area contributed by atoms with Gasteiger partial charge >= 0.3 is 6.18 Å². The minimum absolute atomic E-state index is 0.118. The first-order valence-electron chi connectivity index (χ1n) is 8.15. The number of pyridine rings is 1. The number of aromatic amines is 1. The van der Waals surface area contributed by atoms with Gasteiger partial charge in [-0.25, -0.2) is 4.98 Å². The highest BCUT2D eigenvalue weighted by atomic mass is 32.2. The molecule has 5 nitrogen and oxygen atoms in total. The maximum absolute atomic E-state index is 12.6. The van der Waals surface area contributed by atoms with Gasteiger partial charge in [-0.2, -0.15) is 13.2 Å². The average molecular weight is 371 g/mol. The van der Waals surface area contributed by atoms with Crippen molar-refractivity contribution in [3.63, 3.8) is 0 Å². The van der Waals surface area contributed by atoms with Crippen LogP contribution in [0.1, 0.15) is 14.0 Å². The molecule has 2 heterocycles. The van der Waals surface area contributed by atoms with Crippen molar-refractivity contribution in [1.29, 1.82) is 0 Å². The maximum Gasteiger partial charge on any atom is 0.422 e. The first kappa shape index (κ1) is 14.9. The quantitative estimate of drug-likeness (QED) is 0.745. The van der Waals surface area contributed by atoms with Crippen molar-refractivity contribution in [3.05, 3.63) is 47.7 Å². The molecule has 0 bridgehead atoms. The Bertz CT molecular complexity index is 991. The van der Waals surface area contributed by atoms with Gasteiger partial charge in [-0.15, -0.1) is 0 Å². The number of alkyl halides is 3. The predicted molar refractivity (Wildman–Crippen MR) is 86.7 cm³/mol. The van der Waals surface area contributed by atoms with Crippen LogP contribution in [0.3, 0.4) is 0 Å². The van der Waals surface area contributed by atoms with Crippen LogP contribution in [-0.4, -0.2) is 31.9 Å². The number of fused-ring (bicyclic) bond motifs is 1. The Kier molecular flexibility index (Phi) is 4.07. The summed E-state index contributed by atoms with van der Waals surface area (Å²) in [6.45, 7) is -0.170. The van der Waals surface area contributed by atoms with E-state index in [0.717, 1.165) is 0 Å². The highest BCUT2D eigenvalue weighted by molar-refractivity contribution is 7.84. The standard InChI is InChI=1S/C16H14F3N3O2S/c1-10-13(20-7-6-14(10)24-9-16(17,18)19)8-25(23)15-21-11-4-2-3-5-12(11)22-15/h2-7H,8-9H2,1H3,(H,21,22)/i6D,7D. The second-order valence-corrected chi connectivity index (χ2v) is 6.57. The van der Waals surface area contributed by atoms with Crippen molar-refractivity contribution < 1.29 is 24.9 Å². The third kappa shape index (κ3) is 4.16. The molecule has 1 N–H and O–H groups in total. The number of hydrogen-bond donors (Lipinski definition) is 1. The molecule has 25 heavy (non-hydrogen) atoms. The molecular weight excluding hydrogens is 355 g/mol. The number of nitrogens with one attached hydrogen (secondary N) is 1. The topological polar surface area (TPSA) is 67.9 Å². The van der Waals surface area contributed by atoms with Crippen LogP contribution in [0, 0.1) is 6.92 Å². The molecular formula is C16H14F3N3O2S. The van der Waals surface area contributed by atoms with E-state index in [1.807, 2.05) is 0 Å². The summed E-state index contributed by atoms with van der Waals surface area (Å²) in [4.78, 5) is 11.0. The average Bonchev–Trinajstić information content (AvgIpc) is 3.03. The minimum Gasteiger partial charge on any atom is -0.484 e. The zero-order chi connectivity index (χ0) is 19.8. The Balaban J connectivity index is 1.89. The highest BCUT2D eigenvalue weighted by Gasteiger charge is 2.29. The third-order valence-corrected chi connectivity index (χ3v) is 4.53. The van der Waals surface area contributed by atoms with Gasteiger partial charge in [0, 0.05) is 11.7 Å². The number of H-pyrrole nitrogens is 1. The molecule has 1 unspecified atom stereocenters. The smallest absolute Gasteiger partial charge is 0.422 e. The van der Waals surface area contributed by atoms with Crippen molar-refractivity contribution >= 4 is 21.8 Å². The molecule has 0 amide bonds. The van der Waals surface area contributed by atoms with Gasteiger partial charge in [0.2, 0.25) is 0 Å². The monoisotopic (exact) mass is 371 g/mol.